The van der Waals surface area contributed by atoms with Gasteiger partial charge in [-0.2, -0.15) is 0 Å². The van der Waals surface area contributed by atoms with Crippen molar-refractivity contribution in [2.45, 2.75) is 51.9 Å². The van der Waals surface area contributed by atoms with Crippen LogP contribution < -0.4 is 18.9 Å². The number of rotatable bonds is 8. The molecule has 3 aromatic rings. The second-order valence-electron chi connectivity index (χ2n) is 10.8. The molecule has 6 nitrogen and oxygen atoms in total. The van der Waals surface area contributed by atoms with Crippen molar-refractivity contribution in [1.82, 2.24) is 0 Å². The maximum Gasteiger partial charge on any atom is 0.206 e. The molecule has 0 spiro atoms. The van der Waals surface area contributed by atoms with Crippen LogP contribution in [0.15, 0.2) is 66.7 Å². The van der Waals surface area contributed by atoms with Gasteiger partial charge in [-0.05, 0) is 68.2 Å². The Morgan fingerprint density at radius 1 is 1.03 bits per heavy atom. The number of benzene rings is 3. The number of hydrogen-bond acceptors (Lipinski definition) is 6. The monoisotopic (exact) mass is 514 g/mol. The summed E-state index contributed by atoms with van der Waals surface area (Å²) in [6.07, 6.45) is 4.75. The quantitative estimate of drug-likeness (QED) is 0.378. The van der Waals surface area contributed by atoms with Crippen LogP contribution in [-0.4, -0.2) is 29.7 Å². The highest BCUT2D eigenvalue weighted by atomic mass is 16.5. The van der Waals surface area contributed by atoms with Crippen molar-refractivity contribution in [2.75, 3.05) is 13.2 Å². The van der Waals surface area contributed by atoms with Crippen molar-refractivity contribution in [3.63, 3.8) is 0 Å². The molecule has 6 heteroatoms. The van der Waals surface area contributed by atoms with Crippen LogP contribution in [0.25, 0.3) is 6.08 Å². The van der Waals surface area contributed by atoms with E-state index in [2.05, 4.69) is 13.8 Å². The van der Waals surface area contributed by atoms with Gasteiger partial charge in [0.2, 0.25) is 5.78 Å². The van der Waals surface area contributed by atoms with E-state index >= 15 is 0 Å². The zero-order chi connectivity index (χ0) is 26.9. The molecule has 2 heterocycles. The van der Waals surface area contributed by atoms with Gasteiger partial charge in [0, 0.05) is 11.6 Å². The van der Waals surface area contributed by atoms with Gasteiger partial charge >= 0.3 is 0 Å². The van der Waals surface area contributed by atoms with Crippen molar-refractivity contribution in [1.29, 1.82) is 0 Å². The SMILES string of the molecule is CC(C)CCOc1ccc(C2(O)COc3c(ccc4c3C=CC(C)(C)O4)C2=O)c(OCc2ccccc2)c1. The molecular weight excluding hydrogens is 480 g/mol. The van der Waals surface area contributed by atoms with E-state index in [1.54, 1.807) is 30.3 Å². The van der Waals surface area contributed by atoms with Crippen LogP contribution >= 0.6 is 0 Å². The molecule has 38 heavy (non-hydrogen) atoms. The minimum Gasteiger partial charge on any atom is -0.493 e. The molecule has 5 rings (SSSR count). The Labute approximate surface area is 223 Å². The molecule has 0 fully saturated rings. The Morgan fingerprint density at radius 3 is 2.58 bits per heavy atom. The highest BCUT2D eigenvalue weighted by molar-refractivity contribution is 6.07. The first kappa shape index (κ1) is 25.9. The zero-order valence-electron chi connectivity index (χ0n) is 22.3. The highest BCUT2D eigenvalue weighted by Crippen LogP contribution is 2.46. The first-order valence-corrected chi connectivity index (χ1v) is 13.1. The van der Waals surface area contributed by atoms with Gasteiger partial charge in [-0.15, -0.1) is 0 Å². The molecule has 2 aliphatic heterocycles. The molecule has 0 aromatic heterocycles. The van der Waals surface area contributed by atoms with Crippen LogP contribution in [0.3, 0.4) is 0 Å². The third kappa shape index (κ3) is 5.14. The number of aliphatic hydroxyl groups is 1. The maximum atomic E-state index is 13.8. The fourth-order valence-corrected chi connectivity index (χ4v) is 4.63. The van der Waals surface area contributed by atoms with Crippen molar-refractivity contribution in [2.24, 2.45) is 5.92 Å². The van der Waals surface area contributed by atoms with Crippen molar-refractivity contribution < 1.29 is 28.8 Å². The average molecular weight is 515 g/mol. The van der Waals surface area contributed by atoms with Crippen LogP contribution in [0, 0.1) is 5.92 Å². The zero-order valence-corrected chi connectivity index (χ0v) is 22.3. The van der Waals surface area contributed by atoms with E-state index in [4.69, 9.17) is 18.9 Å². The Bertz CT molecular complexity index is 1360. The van der Waals surface area contributed by atoms with Gasteiger partial charge in [-0.3, -0.25) is 4.79 Å². The van der Waals surface area contributed by atoms with E-state index in [0.717, 1.165) is 12.0 Å². The topological polar surface area (TPSA) is 74.2 Å². The molecule has 3 aromatic carbocycles. The number of fused-ring (bicyclic) bond motifs is 3. The molecule has 0 bridgehead atoms. The normalized spacial score (nSPS) is 19.3. The Kier molecular flexibility index (Phi) is 6.93. The van der Waals surface area contributed by atoms with E-state index in [1.807, 2.05) is 56.3 Å². The third-order valence-corrected chi connectivity index (χ3v) is 6.83. The molecule has 1 atom stereocenters. The summed E-state index contributed by atoms with van der Waals surface area (Å²) in [6, 6.07) is 18.3. The smallest absolute Gasteiger partial charge is 0.206 e. The number of ketones is 1. The summed E-state index contributed by atoms with van der Waals surface area (Å²) >= 11 is 0. The van der Waals surface area contributed by atoms with Crippen molar-refractivity contribution in [3.8, 4) is 23.0 Å². The number of ether oxygens (including phenoxy) is 4. The average Bonchev–Trinajstić information content (AvgIpc) is 2.89. The molecule has 0 aliphatic carbocycles. The summed E-state index contributed by atoms with van der Waals surface area (Å²) in [5, 5.41) is 11.8. The number of hydrogen-bond donors (Lipinski definition) is 1. The summed E-state index contributed by atoms with van der Waals surface area (Å²) in [7, 11) is 0. The van der Waals surface area contributed by atoms with Gasteiger partial charge in [0.15, 0.2) is 5.60 Å². The summed E-state index contributed by atoms with van der Waals surface area (Å²) in [6.45, 7) is 8.80. The fourth-order valence-electron chi connectivity index (χ4n) is 4.63. The lowest BCUT2D eigenvalue weighted by Gasteiger charge is -2.36. The molecular formula is C32H34O6. The summed E-state index contributed by atoms with van der Waals surface area (Å²) in [5.41, 5.74) is -0.0730. The molecule has 2 aliphatic rings. The summed E-state index contributed by atoms with van der Waals surface area (Å²) in [5.74, 6) is 2.12. The van der Waals surface area contributed by atoms with Crippen molar-refractivity contribution >= 4 is 11.9 Å². The van der Waals surface area contributed by atoms with Crippen molar-refractivity contribution in [3.05, 3.63) is 89.0 Å². The minimum atomic E-state index is -1.93. The number of carbonyl (C=O) groups is 1. The Morgan fingerprint density at radius 2 is 1.82 bits per heavy atom. The van der Waals surface area contributed by atoms with Gasteiger partial charge in [-0.25, -0.2) is 0 Å². The van der Waals surface area contributed by atoms with E-state index in [-0.39, 0.29) is 13.2 Å². The molecule has 1 N–H and O–H groups in total. The largest absolute Gasteiger partial charge is 0.493 e. The molecule has 198 valence electrons. The van der Waals surface area contributed by atoms with E-state index < -0.39 is 17.0 Å². The van der Waals surface area contributed by atoms with Crippen LogP contribution in [0.2, 0.25) is 0 Å². The first-order chi connectivity index (χ1) is 18.2. The maximum absolute atomic E-state index is 13.8. The predicted octanol–water partition coefficient (Wildman–Crippen LogP) is 6.34. The number of Topliss-reactive ketones (excluding diaryl/α,β-unsaturated/α-hetero) is 1. The first-order valence-electron chi connectivity index (χ1n) is 13.1. The summed E-state index contributed by atoms with van der Waals surface area (Å²) < 4.78 is 24.2. The molecule has 0 saturated carbocycles. The lowest BCUT2D eigenvalue weighted by atomic mass is 9.82. The predicted molar refractivity (Wildman–Crippen MR) is 146 cm³/mol. The van der Waals surface area contributed by atoms with E-state index in [1.165, 1.54) is 0 Å². The van der Waals surface area contributed by atoms with Crippen LogP contribution in [-0.2, 0) is 12.2 Å². The standard InChI is InChI=1S/C32H34O6/c1-21(2)15-17-35-23-10-12-26(28(18-23)36-19-22-8-6-5-7-9-22)32(34)20-37-29-24-14-16-31(3,4)38-27(24)13-11-25(29)30(32)33/h5-14,16,18,21,34H,15,17,19-20H2,1-4H3. The minimum absolute atomic E-state index is 0.248. The third-order valence-electron chi connectivity index (χ3n) is 6.83. The highest BCUT2D eigenvalue weighted by Gasteiger charge is 2.47. The van der Waals surface area contributed by atoms with Gasteiger partial charge < -0.3 is 24.1 Å². The van der Waals surface area contributed by atoms with E-state index in [9.17, 15) is 9.90 Å². The van der Waals surface area contributed by atoms with Gasteiger partial charge in [0.1, 0.15) is 41.8 Å². The second-order valence-corrected chi connectivity index (χ2v) is 10.8. The molecule has 0 saturated heterocycles. The molecule has 0 radical (unpaired) electrons. The lowest BCUT2D eigenvalue weighted by Crippen LogP contribution is -2.45. The summed E-state index contributed by atoms with van der Waals surface area (Å²) in [4.78, 5) is 13.8. The Hall–Kier alpha value is -3.77. The van der Waals surface area contributed by atoms with Gasteiger partial charge in [0.05, 0.1) is 17.7 Å². The van der Waals surface area contributed by atoms with Gasteiger partial charge in [-0.1, -0.05) is 44.2 Å². The van der Waals surface area contributed by atoms with Gasteiger partial charge in [0.25, 0.3) is 0 Å². The fraction of sp³-hybridized carbons (Fsp3) is 0.344. The number of carbonyl (C=O) groups excluding carboxylic acids is 1. The van der Waals surface area contributed by atoms with E-state index in [0.29, 0.717) is 52.2 Å². The molecule has 0 amide bonds. The second kappa shape index (κ2) is 10.2. The van der Waals surface area contributed by atoms with Crippen LogP contribution in [0.1, 0.15) is 61.2 Å². The lowest BCUT2D eigenvalue weighted by molar-refractivity contribution is -0.00693. The van der Waals surface area contributed by atoms with Crippen LogP contribution in [0.4, 0.5) is 0 Å². The van der Waals surface area contributed by atoms with Crippen LogP contribution in [0.5, 0.6) is 23.0 Å². The molecule has 1 unspecified atom stereocenters. The Balaban J connectivity index is 1.48.